The van der Waals surface area contributed by atoms with E-state index < -0.39 is 29.9 Å². The van der Waals surface area contributed by atoms with Crippen molar-refractivity contribution < 1.29 is 27.1 Å². The molecule has 0 bridgehead atoms. The molecule has 0 unspecified atom stereocenters. The number of carbonyl (C=O) groups excluding carboxylic acids is 1. The Bertz CT molecular complexity index is 840. The van der Waals surface area contributed by atoms with E-state index in [1.807, 2.05) is 30.3 Å². The third kappa shape index (κ3) is 4.59. The third-order valence-electron chi connectivity index (χ3n) is 4.58. The summed E-state index contributed by atoms with van der Waals surface area (Å²) in [6, 6.07) is 15.2. The summed E-state index contributed by atoms with van der Waals surface area (Å²) in [5, 5.41) is 0. The molecule has 1 aliphatic rings. The van der Waals surface area contributed by atoms with Crippen LogP contribution in [0.3, 0.4) is 0 Å². The van der Waals surface area contributed by atoms with Crippen molar-refractivity contribution in [3.8, 4) is 11.1 Å². The average molecular weight is 393 g/mol. The molecule has 0 saturated carbocycles. The summed E-state index contributed by atoms with van der Waals surface area (Å²) < 4.78 is 60.8. The molecule has 1 fully saturated rings. The summed E-state index contributed by atoms with van der Waals surface area (Å²) in [5.41, 5.74) is 0.799. The van der Waals surface area contributed by atoms with Crippen LogP contribution < -0.4 is 0 Å². The van der Waals surface area contributed by atoms with E-state index in [-0.39, 0.29) is 31.9 Å². The van der Waals surface area contributed by atoms with Crippen molar-refractivity contribution in [2.24, 2.45) is 0 Å². The van der Waals surface area contributed by atoms with Gasteiger partial charge in [-0.2, -0.15) is 17.6 Å². The molecule has 0 radical (unpaired) electrons. The Morgan fingerprint density at radius 3 is 2.07 bits per heavy atom. The summed E-state index contributed by atoms with van der Waals surface area (Å²) in [7, 11) is 0. The van der Waals surface area contributed by atoms with E-state index in [0.29, 0.717) is 0 Å². The zero-order chi connectivity index (χ0) is 20.1. The smallest absolute Gasteiger partial charge is 0.328 e. The van der Waals surface area contributed by atoms with Gasteiger partial charge in [0, 0.05) is 18.7 Å². The number of morpholine rings is 1. The number of benzene rings is 2. The number of amides is 1. The molecule has 1 aliphatic heterocycles. The van der Waals surface area contributed by atoms with Gasteiger partial charge in [0.1, 0.15) is 0 Å². The average Bonchev–Trinajstić information content (AvgIpc) is 2.73. The first-order chi connectivity index (χ1) is 13.4. The number of alkyl halides is 2. The van der Waals surface area contributed by atoms with Crippen molar-refractivity contribution in [2.75, 3.05) is 26.3 Å². The Hall–Kier alpha value is -2.67. The van der Waals surface area contributed by atoms with E-state index in [1.54, 1.807) is 12.1 Å². The van der Waals surface area contributed by atoms with Crippen LogP contribution in [0.4, 0.5) is 17.6 Å². The Morgan fingerprint density at radius 1 is 0.929 bits per heavy atom. The Morgan fingerprint density at radius 2 is 1.50 bits per heavy atom. The number of halogens is 4. The molecule has 28 heavy (non-hydrogen) atoms. The maximum Gasteiger partial charge on any atom is 0.328 e. The molecule has 148 valence electrons. The van der Waals surface area contributed by atoms with E-state index >= 15 is 0 Å². The minimum atomic E-state index is -3.92. The largest absolute Gasteiger partial charge is 0.378 e. The van der Waals surface area contributed by atoms with Crippen LogP contribution in [0.2, 0.25) is 0 Å². The standard InChI is InChI=1S/C21H19F4NO2/c22-19(23)18(14-21(24,25)20(27)26-10-12-28-13-11-26)17-8-6-16(7-9-17)15-4-2-1-3-5-15/h1-9H,10-14H2. The predicted octanol–water partition coefficient (Wildman–Crippen LogP) is 4.85. The Labute approximate surface area is 160 Å². The van der Waals surface area contributed by atoms with Crippen molar-refractivity contribution in [3.05, 3.63) is 66.2 Å². The van der Waals surface area contributed by atoms with Gasteiger partial charge in [-0.3, -0.25) is 4.79 Å². The van der Waals surface area contributed by atoms with Gasteiger partial charge >= 0.3 is 5.92 Å². The SMILES string of the molecule is O=C(N1CCOCC1)C(F)(F)CC(=C(F)F)c1ccc(-c2ccccc2)cc1. The molecular formula is C21H19F4NO2. The van der Waals surface area contributed by atoms with Crippen LogP contribution in [0.1, 0.15) is 12.0 Å². The molecule has 2 aromatic rings. The van der Waals surface area contributed by atoms with E-state index in [1.165, 1.54) is 12.1 Å². The topological polar surface area (TPSA) is 29.5 Å². The number of carbonyl (C=O) groups is 1. The first kappa shape index (κ1) is 20.1. The van der Waals surface area contributed by atoms with Gasteiger partial charge in [-0.25, -0.2) is 0 Å². The van der Waals surface area contributed by atoms with Crippen molar-refractivity contribution in [1.29, 1.82) is 0 Å². The van der Waals surface area contributed by atoms with Gasteiger partial charge in [-0.15, -0.1) is 0 Å². The lowest BCUT2D eigenvalue weighted by Gasteiger charge is -2.30. The molecule has 0 aliphatic carbocycles. The van der Waals surface area contributed by atoms with Crippen molar-refractivity contribution in [2.45, 2.75) is 12.3 Å². The van der Waals surface area contributed by atoms with Crippen LogP contribution in [0, 0.1) is 0 Å². The highest BCUT2D eigenvalue weighted by molar-refractivity contribution is 5.86. The van der Waals surface area contributed by atoms with Crippen LogP contribution in [-0.2, 0) is 9.53 Å². The fraction of sp³-hybridized carbons (Fsp3) is 0.286. The maximum absolute atomic E-state index is 14.4. The molecule has 0 aromatic heterocycles. The molecule has 1 amide bonds. The number of rotatable bonds is 5. The van der Waals surface area contributed by atoms with Crippen molar-refractivity contribution >= 4 is 11.5 Å². The van der Waals surface area contributed by atoms with Gasteiger partial charge in [0.15, 0.2) is 0 Å². The van der Waals surface area contributed by atoms with Gasteiger partial charge < -0.3 is 9.64 Å². The number of nitrogens with zero attached hydrogens (tertiary/aromatic N) is 1. The highest BCUT2D eigenvalue weighted by atomic mass is 19.3. The fourth-order valence-corrected chi connectivity index (χ4v) is 3.07. The number of ether oxygens (including phenoxy) is 1. The van der Waals surface area contributed by atoms with E-state index in [9.17, 15) is 22.4 Å². The first-order valence-electron chi connectivity index (χ1n) is 8.83. The van der Waals surface area contributed by atoms with E-state index in [0.717, 1.165) is 16.0 Å². The normalized spacial score (nSPS) is 14.6. The first-order valence-corrected chi connectivity index (χ1v) is 8.83. The summed E-state index contributed by atoms with van der Waals surface area (Å²) in [4.78, 5) is 13.1. The Balaban J connectivity index is 1.80. The highest BCUT2D eigenvalue weighted by Gasteiger charge is 2.44. The quantitative estimate of drug-likeness (QED) is 0.680. The molecule has 0 N–H and O–H groups in total. The summed E-state index contributed by atoms with van der Waals surface area (Å²) >= 11 is 0. The van der Waals surface area contributed by atoms with Gasteiger partial charge in [-0.05, 0) is 16.7 Å². The lowest BCUT2D eigenvalue weighted by atomic mass is 9.97. The molecule has 7 heteroatoms. The molecule has 1 saturated heterocycles. The molecule has 3 nitrogen and oxygen atoms in total. The summed E-state index contributed by atoms with van der Waals surface area (Å²) in [5.74, 6) is -5.37. The highest BCUT2D eigenvalue weighted by Crippen LogP contribution is 2.35. The zero-order valence-electron chi connectivity index (χ0n) is 15.0. The van der Waals surface area contributed by atoms with Crippen LogP contribution in [0.25, 0.3) is 16.7 Å². The zero-order valence-corrected chi connectivity index (χ0v) is 15.0. The van der Waals surface area contributed by atoms with Gasteiger partial charge in [0.2, 0.25) is 0 Å². The maximum atomic E-state index is 14.4. The second-order valence-electron chi connectivity index (χ2n) is 6.47. The minimum absolute atomic E-state index is 0.0251. The van der Waals surface area contributed by atoms with Crippen LogP contribution >= 0.6 is 0 Å². The fourth-order valence-electron chi connectivity index (χ4n) is 3.07. The molecule has 1 heterocycles. The Kier molecular flexibility index (Phi) is 6.14. The molecule has 0 atom stereocenters. The van der Waals surface area contributed by atoms with Crippen molar-refractivity contribution in [3.63, 3.8) is 0 Å². The number of allylic oxidation sites excluding steroid dienone is 1. The second kappa shape index (κ2) is 8.56. The molecule has 2 aromatic carbocycles. The van der Waals surface area contributed by atoms with Crippen LogP contribution in [0.15, 0.2) is 60.7 Å². The van der Waals surface area contributed by atoms with Crippen LogP contribution in [0.5, 0.6) is 0 Å². The number of hydrogen-bond acceptors (Lipinski definition) is 2. The van der Waals surface area contributed by atoms with Gasteiger partial charge in [0.05, 0.1) is 19.6 Å². The third-order valence-corrected chi connectivity index (χ3v) is 4.58. The van der Waals surface area contributed by atoms with Gasteiger partial charge in [-0.1, -0.05) is 54.6 Å². The van der Waals surface area contributed by atoms with Gasteiger partial charge in [0.25, 0.3) is 12.0 Å². The molecule has 3 rings (SSSR count). The predicted molar refractivity (Wildman–Crippen MR) is 98.0 cm³/mol. The number of hydrogen-bond donors (Lipinski definition) is 0. The van der Waals surface area contributed by atoms with E-state index in [2.05, 4.69) is 0 Å². The lowest BCUT2D eigenvalue weighted by Crippen LogP contribution is -2.48. The molecular weight excluding hydrogens is 374 g/mol. The van der Waals surface area contributed by atoms with Crippen molar-refractivity contribution in [1.82, 2.24) is 4.90 Å². The lowest BCUT2D eigenvalue weighted by molar-refractivity contribution is -0.160. The second-order valence-corrected chi connectivity index (χ2v) is 6.47. The molecule has 0 spiro atoms. The summed E-state index contributed by atoms with van der Waals surface area (Å²) in [6.45, 7) is 0.362. The monoisotopic (exact) mass is 393 g/mol. The summed E-state index contributed by atoms with van der Waals surface area (Å²) in [6.07, 6.45) is -3.57. The minimum Gasteiger partial charge on any atom is -0.378 e. The van der Waals surface area contributed by atoms with Crippen LogP contribution in [-0.4, -0.2) is 43.0 Å². The van der Waals surface area contributed by atoms with E-state index in [4.69, 9.17) is 4.74 Å².